The number of unbranched alkanes of at least 4 members (excludes halogenated alkanes) is 10. The summed E-state index contributed by atoms with van der Waals surface area (Å²) >= 11 is 0. The Morgan fingerprint density at radius 3 is 2.18 bits per heavy atom. The lowest BCUT2D eigenvalue weighted by Gasteiger charge is -2.25. The number of amides is 2. The summed E-state index contributed by atoms with van der Waals surface area (Å²) in [5.41, 5.74) is 0. The van der Waals surface area contributed by atoms with Gasteiger partial charge in [0.15, 0.2) is 5.82 Å². The van der Waals surface area contributed by atoms with E-state index in [1.807, 2.05) is 0 Å². The number of hydrogen-bond donors (Lipinski definition) is 1. The third kappa shape index (κ3) is 12.2. The molecule has 0 atom stereocenters. The number of anilines is 1. The number of nitrogens with one attached hydrogen (secondary N) is 1. The van der Waals surface area contributed by atoms with Crippen molar-refractivity contribution in [1.29, 1.82) is 0 Å². The van der Waals surface area contributed by atoms with Crippen LogP contribution in [-0.4, -0.2) is 59.5 Å². The van der Waals surface area contributed by atoms with Gasteiger partial charge in [-0.1, -0.05) is 76.3 Å². The van der Waals surface area contributed by atoms with E-state index in [2.05, 4.69) is 22.3 Å². The van der Waals surface area contributed by atoms with E-state index in [1.54, 1.807) is 17.9 Å². The Labute approximate surface area is 200 Å². The summed E-state index contributed by atoms with van der Waals surface area (Å²) in [5.74, 6) is 0.896. The number of carbonyl (C=O) groups is 2. The highest BCUT2D eigenvalue weighted by atomic mass is 16.5. The Morgan fingerprint density at radius 1 is 1.00 bits per heavy atom. The second-order valence-corrected chi connectivity index (χ2v) is 9.52. The molecule has 0 aliphatic carbocycles. The molecule has 1 aromatic rings. The summed E-state index contributed by atoms with van der Waals surface area (Å²) in [7, 11) is 0. The lowest BCUT2D eigenvalue weighted by Crippen LogP contribution is -2.42. The Morgan fingerprint density at radius 2 is 1.61 bits per heavy atom. The smallest absolute Gasteiger partial charge is 0.245 e. The van der Waals surface area contributed by atoms with Crippen molar-refractivity contribution in [3.63, 3.8) is 0 Å². The van der Waals surface area contributed by atoms with Gasteiger partial charge in [-0.15, -0.1) is 0 Å². The minimum atomic E-state index is -0.225. The number of nitrogens with zero attached hydrogens (tertiary/aromatic N) is 3. The van der Waals surface area contributed by atoms with Crippen molar-refractivity contribution in [3.05, 3.63) is 11.8 Å². The molecule has 188 valence electrons. The zero-order valence-corrected chi connectivity index (χ0v) is 21.1. The molecule has 0 aromatic carbocycles. The molecule has 1 aromatic heterocycles. The molecule has 2 amide bonds. The largest absolute Gasteiger partial charge is 0.360 e. The monoisotopic (exact) mass is 462 g/mol. The lowest BCUT2D eigenvalue weighted by atomic mass is 10.1. The fourth-order valence-corrected chi connectivity index (χ4v) is 4.44. The molecule has 0 radical (unpaired) electrons. The van der Waals surface area contributed by atoms with Crippen LogP contribution >= 0.6 is 0 Å². The Kier molecular flexibility index (Phi) is 13.8. The Hall–Kier alpha value is -1.89. The van der Waals surface area contributed by atoms with E-state index in [4.69, 9.17) is 4.52 Å². The fraction of sp³-hybridized carbons (Fsp3) is 0.808. The maximum atomic E-state index is 12.9. The van der Waals surface area contributed by atoms with Crippen LogP contribution in [0.2, 0.25) is 0 Å². The highest BCUT2D eigenvalue weighted by molar-refractivity contribution is 5.93. The maximum Gasteiger partial charge on any atom is 0.245 e. The van der Waals surface area contributed by atoms with Crippen LogP contribution < -0.4 is 5.32 Å². The van der Waals surface area contributed by atoms with Crippen LogP contribution in [0, 0.1) is 6.92 Å². The van der Waals surface area contributed by atoms with Gasteiger partial charge in [0.1, 0.15) is 5.76 Å². The highest BCUT2D eigenvalue weighted by Crippen LogP contribution is 2.13. The van der Waals surface area contributed by atoms with Crippen LogP contribution in [0.15, 0.2) is 10.6 Å². The van der Waals surface area contributed by atoms with Gasteiger partial charge in [-0.2, -0.15) is 0 Å². The van der Waals surface area contributed by atoms with Crippen molar-refractivity contribution in [1.82, 2.24) is 15.0 Å². The zero-order chi connectivity index (χ0) is 23.7. The summed E-state index contributed by atoms with van der Waals surface area (Å²) < 4.78 is 5.00. The summed E-state index contributed by atoms with van der Waals surface area (Å²) in [6.45, 7) is 7.71. The first kappa shape index (κ1) is 27.4. The van der Waals surface area contributed by atoms with E-state index in [-0.39, 0.29) is 18.4 Å². The average Bonchev–Trinajstić information content (AvgIpc) is 3.46. The molecule has 1 aliphatic heterocycles. The van der Waals surface area contributed by atoms with Gasteiger partial charge in [-0.3, -0.25) is 9.59 Å². The van der Waals surface area contributed by atoms with E-state index in [1.165, 1.54) is 70.6 Å². The van der Waals surface area contributed by atoms with E-state index >= 15 is 0 Å². The van der Waals surface area contributed by atoms with E-state index in [9.17, 15) is 9.59 Å². The van der Waals surface area contributed by atoms with Crippen LogP contribution in [-0.2, 0) is 9.59 Å². The van der Waals surface area contributed by atoms with Crippen molar-refractivity contribution in [3.8, 4) is 0 Å². The van der Waals surface area contributed by atoms with Gasteiger partial charge in [0.2, 0.25) is 11.8 Å². The predicted molar refractivity (Wildman–Crippen MR) is 133 cm³/mol. The Bertz CT molecular complexity index is 670. The normalized spacial score (nSPS) is 14.0. The molecule has 2 heterocycles. The van der Waals surface area contributed by atoms with E-state index in [0.717, 1.165) is 32.5 Å². The first-order valence-electron chi connectivity index (χ1n) is 13.3. The van der Waals surface area contributed by atoms with Crippen LogP contribution in [0.3, 0.4) is 0 Å². The quantitative estimate of drug-likeness (QED) is 0.290. The molecule has 7 nitrogen and oxygen atoms in total. The van der Waals surface area contributed by atoms with E-state index in [0.29, 0.717) is 24.5 Å². The molecule has 1 aliphatic rings. The number of hydrogen-bond acceptors (Lipinski definition) is 5. The number of likely N-dealkylation sites (tertiary alicyclic amines) is 1. The second-order valence-electron chi connectivity index (χ2n) is 9.52. The van der Waals surface area contributed by atoms with Crippen molar-refractivity contribution < 1.29 is 14.1 Å². The number of aromatic nitrogens is 1. The summed E-state index contributed by atoms with van der Waals surface area (Å²) in [4.78, 5) is 29.5. The first-order chi connectivity index (χ1) is 16.1. The fourth-order valence-electron chi connectivity index (χ4n) is 4.44. The van der Waals surface area contributed by atoms with Crippen LogP contribution in [0.4, 0.5) is 5.82 Å². The molecule has 1 N–H and O–H groups in total. The first-order valence-corrected chi connectivity index (χ1v) is 13.3. The van der Waals surface area contributed by atoms with Gasteiger partial charge < -0.3 is 19.6 Å². The molecule has 1 fully saturated rings. The zero-order valence-electron chi connectivity index (χ0n) is 21.1. The summed E-state index contributed by atoms with van der Waals surface area (Å²) in [6.07, 6.45) is 16.9. The number of rotatable bonds is 18. The van der Waals surface area contributed by atoms with Gasteiger partial charge in [-0.25, -0.2) is 0 Å². The highest BCUT2D eigenvalue weighted by Gasteiger charge is 2.20. The molecule has 0 spiro atoms. The van der Waals surface area contributed by atoms with Gasteiger partial charge in [0.25, 0.3) is 0 Å². The summed E-state index contributed by atoms with van der Waals surface area (Å²) in [6, 6.07) is 1.68. The minimum Gasteiger partial charge on any atom is -0.360 e. The third-order valence-electron chi connectivity index (χ3n) is 6.46. The van der Waals surface area contributed by atoms with E-state index < -0.39 is 0 Å². The molecule has 0 unspecified atom stereocenters. The van der Waals surface area contributed by atoms with Crippen LogP contribution in [0.5, 0.6) is 0 Å². The van der Waals surface area contributed by atoms with Crippen LogP contribution in [0.25, 0.3) is 0 Å². The number of carbonyl (C=O) groups excluding carboxylic acids is 2. The second kappa shape index (κ2) is 16.7. The predicted octanol–water partition coefficient (Wildman–Crippen LogP) is 5.55. The third-order valence-corrected chi connectivity index (χ3v) is 6.46. The van der Waals surface area contributed by atoms with Gasteiger partial charge in [-0.05, 0) is 39.3 Å². The van der Waals surface area contributed by atoms with Crippen molar-refractivity contribution in [2.24, 2.45) is 0 Å². The number of aryl methyl sites for hydroxylation is 1. The molecular formula is C26H46N4O3. The molecule has 2 rings (SSSR count). The molecule has 0 bridgehead atoms. The van der Waals surface area contributed by atoms with Gasteiger partial charge >= 0.3 is 0 Å². The van der Waals surface area contributed by atoms with Crippen molar-refractivity contribution in [2.75, 3.05) is 38.0 Å². The average molecular weight is 463 g/mol. The molecule has 7 heteroatoms. The molecule has 0 saturated carbocycles. The minimum absolute atomic E-state index is 0.0661. The van der Waals surface area contributed by atoms with Gasteiger partial charge in [0, 0.05) is 25.6 Å². The Balaban J connectivity index is 1.65. The molecule has 1 saturated heterocycles. The molecular weight excluding hydrogens is 416 g/mol. The van der Waals surface area contributed by atoms with Crippen molar-refractivity contribution >= 4 is 17.6 Å². The summed E-state index contributed by atoms with van der Waals surface area (Å²) in [5, 5.41) is 6.54. The van der Waals surface area contributed by atoms with Crippen LogP contribution in [0.1, 0.15) is 103 Å². The molecule has 33 heavy (non-hydrogen) atoms. The maximum absolute atomic E-state index is 12.9. The lowest BCUT2D eigenvalue weighted by molar-refractivity contribution is -0.135. The topological polar surface area (TPSA) is 78.7 Å². The van der Waals surface area contributed by atoms with Crippen molar-refractivity contribution in [2.45, 2.75) is 104 Å². The standard InChI is InChI=1S/C26H46N4O3/c1-3-4-5-6-7-8-9-10-11-12-13-16-26(32)30(20-19-29-17-14-15-18-29)22-25(31)27-24-21-23(2)33-28-24/h21H,3-20,22H2,1-2H3,(H,27,28,31). The SMILES string of the molecule is CCCCCCCCCCCCCC(=O)N(CCN1CCCC1)CC(=O)Nc1cc(C)on1. The van der Waals surface area contributed by atoms with Gasteiger partial charge in [0.05, 0.1) is 6.54 Å².